The van der Waals surface area contributed by atoms with Gasteiger partial charge in [0.05, 0.1) is 11.7 Å². The normalized spacial score (nSPS) is 25.2. The quantitative estimate of drug-likeness (QED) is 0.855. The summed E-state index contributed by atoms with van der Waals surface area (Å²) in [5.41, 5.74) is 2.55. The van der Waals surface area contributed by atoms with Gasteiger partial charge in [0.25, 0.3) is 0 Å². The molecule has 1 atom stereocenters. The first-order chi connectivity index (χ1) is 9.24. The van der Waals surface area contributed by atoms with Crippen molar-refractivity contribution in [2.75, 3.05) is 6.54 Å². The van der Waals surface area contributed by atoms with Gasteiger partial charge in [-0.05, 0) is 55.8 Å². The van der Waals surface area contributed by atoms with Gasteiger partial charge in [-0.3, -0.25) is 4.98 Å². The monoisotopic (exact) mass is 260 g/mol. The number of pyridine rings is 1. The summed E-state index contributed by atoms with van der Waals surface area (Å²) in [6.45, 7) is 7.70. The van der Waals surface area contributed by atoms with E-state index >= 15 is 0 Å². The van der Waals surface area contributed by atoms with E-state index in [4.69, 9.17) is 0 Å². The van der Waals surface area contributed by atoms with Crippen molar-refractivity contribution in [1.29, 1.82) is 0 Å². The van der Waals surface area contributed by atoms with Crippen LogP contribution >= 0.6 is 0 Å². The molecule has 2 rings (SSSR count). The second-order valence-corrected chi connectivity index (χ2v) is 5.98. The van der Waals surface area contributed by atoms with Crippen LogP contribution in [0.4, 0.5) is 0 Å². The molecule has 1 aromatic heterocycles. The van der Waals surface area contributed by atoms with Crippen LogP contribution in [0, 0.1) is 18.8 Å². The van der Waals surface area contributed by atoms with Gasteiger partial charge in [0.2, 0.25) is 0 Å². The summed E-state index contributed by atoms with van der Waals surface area (Å²) in [5.74, 6) is 1.72. The predicted octanol–water partition coefficient (Wildman–Crippen LogP) is 4.26. The highest BCUT2D eigenvalue weighted by Crippen LogP contribution is 2.37. The van der Waals surface area contributed by atoms with Gasteiger partial charge in [0.15, 0.2) is 0 Å². The zero-order valence-corrected chi connectivity index (χ0v) is 12.7. The summed E-state index contributed by atoms with van der Waals surface area (Å²) in [5, 5.41) is 3.67. The fourth-order valence-corrected chi connectivity index (χ4v) is 3.39. The van der Waals surface area contributed by atoms with Crippen molar-refractivity contribution >= 4 is 0 Å². The Morgan fingerprint density at radius 2 is 2.00 bits per heavy atom. The maximum absolute atomic E-state index is 4.61. The van der Waals surface area contributed by atoms with E-state index in [9.17, 15) is 0 Å². The maximum atomic E-state index is 4.61. The molecular formula is C17H28N2. The Bertz CT molecular complexity index is 381. The molecule has 0 amide bonds. The Balaban J connectivity index is 2.08. The lowest BCUT2D eigenvalue weighted by molar-refractivity contribution is 0.217. The molecule has 0 radical (unpaired) electrons. The molecule has 0 bridgehead atoms. The fourth-order valence-electron chi connectivity index (χ4n) is 3.39. The van der Waals surface area contributed by atoms with Gasteiger partial charge in [-0.1, -0.05) is 33.1 Å². The van der Waals surface area contributed by atoms with E-state index in [1.165, 1.54) is 43.4 Å². The predicted molar refractivity (Wildman–Crippen MR) is 81.1 cm³/mol. The van der Waals surface area contributed by atoms with Gasteiger partial charge in [0, 0.05) is 6.20 Å². The van der Waals surface area contributed by atoms with Crippen LogP contribution in [0.1, 0.15) is 63.3 Å². The average molecular weight is 260 g/mol. The summed E-state index contributed by atoms with van der Waals surface area (Å²) < 4.78 is 0. The zero-order valence-electron chi connectivity index (χ0n) is 12.7. The Kier molecular flexibility index (Phi) is 5.38. The van der Waals surface area contributed by atoms with Crippen molar-refractivity contribution in [1.82, 2.24) is 10.3 Å². The minimum absolute atomic E-state index is 0.447. The molecule has 0 saturated heterocycles. The molecule has 106 valence electrons. The van der Waals surface area contributed by atoms with Crippen molar-refractivity contribution in [3.05, 3.63) is 29.6 Å². The van der Waals surface area contributed by atoms with Crippen molar-refractivity contribution in [3.8, 4) is 0 Å². The average Bonchev–Trinajstić information content (AvgIpc) is 2.45. The second-order valence-electron chi connectivity index (χ2n) is 5.98. The Hall–Kier alpha value is -0.890. The molecule has 1 saturated carbocycles. The van der Waals surface area contributed by atoms with Crippen LogP contribution in [-0.2, 0) is 0 Å². The molecule has 0 aliphatic heterocycles. The molecular weight excluding hydrogens is 232 g/mol. The summed E-state index contributed by atoms with van der Waals surface area (Å²) in [7, 11) is 0. The summed E-state index contributed by atoms with van der Waals surface area (Å²) >= 11 is 0. The van der Waals surface area contributed by atoms with Gasteiger partial charge in [-0.2, -0.15) is 0 Å². The Morgan fingerprint density at radius 1 is 1.26 bits per heavy atom. The Morgan fingerprint density at radius 3 is 2.58 bits per heavy atom. The van der Waals surface area contributed by atoms with E-state index in [0.717, 1.165) is 18.4 Å². The van der Waals surface area contributed by atoms with Crippen molar-refractivity contribution in [2.45, 2.75) is 58.9 Å². The van der Waals surface area contributed by atoms with Gasteiger partial charge in [0.1, 0.15) is 0 Å². The molecule has 0 spiro atoms. The molecule has 1 aliphatic rings. The van der Waals surface area contributed by atoms with Crippen LogP contribution in [0.25, 0.3) is 0 Å². The van der Waals surface area contributed by atoms with Gasteiger partial charge in [-0.25, -0.2) is 0 Å². The Labute approximate surface area is 118 Å². The van der Waals surface area contributed by atoms with E-state index in [-0.39, 0.29) is 0 Å². The molecule has 0 aromatic carbocycles. The summed E-state index contributed by atoms with van der Waals surface area (Å²) in [6.07, 6.45) is 8.80. The van der Waals surface area contributed by atoms with Crippen LogP contribution in [0.15, 0.2) is 18.3 Å². The third kappa shape index (κ3) is 3.79. The lowest BCUT2D eigenvalue weighted by Crippen LogP contribution is -2.31. The van der Waals surface area contributed by atoms with Crippen molar-refractivity contribution in [2.24, 2.45) is 11.8 Å². The van der Waals surface area contributed by atoms with Gasteiger partial charge < -0.3 is 5.32 Å². The van der Waals surface area contributed by atoms with Crippen molar-refractivity contribution < 1.29 is 0 Å². The zero-order chi connectivity index (χ0) is 13.7. The molecule has 1 aromatic rings. The number of nitrogens with one attached hydrogen (secondary N) is 1. The molecule has 19 heavy (non-hydrogen) atoms. The first-order valence-electron chi connectivity index (χ1n) is 7.90. The smallest absolute Gasteiger partial charge is 0.0578 e. The lowest BCUT2D eigenvalue weighted by atomic mass is 9.76. The standard InChI is InChI=1S/C17H28N2/c1-4-14-6-8-15(9-7-14)17(18-5-2)16-12-13(3)10-11-19-16/h10-12,14-15,17-18H,4-9H2,1-3H3. The molecule has 2 nitrogen and oxygen atoms in total. The van der Waals surface area contributed by atoms with Crippen LogP contribution < -0.4 is 5.32 Å². The van der Waals surface area contributed by atoms with Crippen molar-refractivity contribution in [3.63, 3.8) is 0 Å². The highest BCUT2D eigenvalue weighted by Gasteiger charge is 2.28. The molecule has 1 fully saturated rings. The largest absolute Gasteiger partial charge is 0.309 e. The molecule has 2 heteroatoms. The SMILES string of the molecule is CCNC(c1cc(C)ccn1)C1CCC(CC)CC1. The number of hydrogen-bond donors (Lipinski definition) is 1. The molecule has 1 N–H and O–H groups in total. The number of aromatic nitrogens is 1. The van der Waals surface area contributed by atoms with Crippen LogP contribution in [0.3, 0.4) is 0 Å². The third-order valence-corrected chi connectivity index (χ3v) is 4.62. The van der Waals surface area contributed by atoms with Gasteiger partial charge >= 0.3 is 0 Å². The number of rotatable bonds is 5. The summed E-state index contributed by atoms with van der Waals surface area (Å²) in [6, 6.07) is 4.78. The summed E-state index contributed by atoms with van der Waals surface area (Å²) in [4.78, 5) is 4.61. The lowest BCUT2D eigenvalue weighted by Gasteiger charge is -2.34. The van der Waals surface area contributed by atoms with E-state index in [1.54, 1.807) is 0 Å². The van der Waals surface area contributed by atoms with Gasteiger partial charge in [-0.15, -0.1) is 0 Å². The first-order valence-corrected chi connectivity index (χ1v) is 7.90. The third-order valence-electron chi connectivity index (χ3n) is 4.62. The van der Waals surface area contributed by atoms with E-state index in [2.05, 4.69) is 43.2 Å². The minimum atomic E-state index is 0.447. The van der Waals surface area contributed by atoms with E-state index < -0.39 is 0 Å². The minimum Gasteiger partial charge on any atom is -0.309 e. The van der Waals surface area contributed by atoms with E-state index in [1.807, 2.05) is 6.20 Å². The highest BCUT2D eigenvalue weighted by atomic mass is 14.9. The highest BCUT2D eigenvalue weighted by molar-refractivity contribution is 5.18. The number of nitrogens with zero attached hydrogens (tertiary/aromatic N) is 1. The molecule has 1 unspecified atom stereocenters. The topological polar surface area (TPSA) is 24.9 Å². The maximum Gasteiger partial charge on any atom is 0.0578 e. The molecule has 1 aliphatic carbocycles. The number of aryl methyl sites for hydroxylation is 1. The first kappa shape index (κ1) is 14.5. The van der Waals surface area contributed by atoms with Crippen LogP contribution in [0.2, 0.25) is 0 Å². The van der Waals surface area contributed by atoms with Crippen LogP contribution in [-0.4, -0.2) is 11.5 Å². The van der Waals surface area contributed by atoms with E-state index in [0.29, 0.717) is 6.04 Å². The van der Waals surface area contributed by atoms with Crippen LogP contribution in [0.5, 0.6) is 0 Å². The number of hydrogen-bond acceptors (Lipinski definition) is 2. The fraction of sp³-hybridized carbons (Fsp3) is 0.706. The second kappa shape index (κ2) is 7.04. The molecule has 1 heterocycles.